The van der Waals surface area contributed by atoms with Crippen LogP contribution in [0.5, 0.6) is 0 Å². The van der Waals surface area contributed by atoms with Gasteiger partial charge in [0, 0.05) is 0 Å². The molecule has 0 aliphatic heterocycles. The molecule has 0 atom stereocenters. The minimum absolute atomic E-state index is 0.308. The summed E-state index contributed by atoms with van der Waals surface area (Å²) in [5.41, 5.74) is 1.36. The Hall–Kier alpha value is -0.301. The molecule has 0 spiro atoms. The summed E-state index contributed by atoms with van der Waals surface area (Å²) in [6.45, 7) is 0.308. The monoisotopic (exact) mass is 230 g/mol. The molecule has 0 bridgehead atoms. The average Bonchev–Trinajstić information content (AvgIpc) is 2.09. The molecule has 1 rings (SSSR count). The first-order valence-electron chi connectivity index (χ1n) is 4.21. The molecule has 12 heavy (non-hydrogen) atoms. The van der Waals surface area contributed by atoms with Crippen molar-refractivity contribution in [3.8, 4) is 0 Å². The fourth-order valence-electron chi connectivity index (χ4n) is 1.10. The number of aliphatic hydroxyl groups excluding tert-OH is 1. The topological polar surface area (TPSA) is 20.2 Å². The third-order valence-electron chi connectivity index (χ3n) is 1.81. The van der Waals surface area contributed by atoms with Gasteiger partial charge in [0.1, 0.15) is 0 Å². The van der Waals surface area contributed by atoms with Crippen LogP contribution in [0.2, 0.25) is 0 Å². The van der Waals surface area contributed by atoms with Crippen LogP contribution in [0.1, 0.15) is 18.4 Å². The molecule has 2 heteroatoms. The Morgan fingerprint density at radius 3 is 2.33 bits per heavy atom. The Morgan fingerprint density at radius 2 is 1.75 bits per heavy atom. The summed E-state index contributed by atoms with van der Waals surface area (Å²) < 4.78 is 1.24. The Balaban J connectivity index is 2.37. The van der Waals surface area contributed by atoms with Crippen molar-refractivity contribution in [1.29, 1.82) is 0 Å². The predicted molar refractivity (Wildman–Crippen MR) is 53.2 cm³/mol. The van der Waals surface area contributed by atoms with E-state index < -0.39 is 0 Å². The minimum atomic E-state index is 0.308. The number of aliphatic hydroxyl groups is 1. The number of rotatable bonds is 4. The maximum absolute atomic E-state index is 8.59. The van der Waals surface area contributed by atoms with Crippen molar-refractivity contribution in [2.75, 3.05) is 6.61 Å². The van der Waals surface area contributed by atoms with E-state index in [1.54, 1.807) is 0 Å². The fraction of sp³-hybridized carbons (Fsp3) is 0.400. The van der Waals surface area contributed by atoms with Gasteiger partial charge in [0.25, 0.3) is 0 Å². The van der Waals surface area contributed by atoms with Crippen molar-refractivity contribution in [3.63, 3.8) is 0 Å². The zero-order valence-electron chi connectivity index (χ0n) is 7.03. The van der Waals surface area contributed by atoms with E-state index in [1.165, 1.54) is 10.0 Å². The summed E-state index contributed by atoms with van der Waals surface area (Å²) in [4.78, 5) is 0. The molecule has 0 fully saturated rings. The first-order valence-corrected chi connectivity index (χ1v) is 5.15. The van der Waals surface area contributed by atoms with Crippen molar-refractivity contribution >= 4 is 20.5 Å². The van der Waals surface area contributed by atoms with E-state index in [0.29, 0.717) is 6.61 Å². The number of hydrogen-bond acceptors (Lipinski definition) is 1. The molecule has 0 heterocycles. The Bertz CT molecular complexity index is 218. The van der Waals surface area contributed by atoms with E-state index in [-0.39, 0.29) is 0 Å². The van der Waals surface area contributed by atoms with Gasteiger partial charge in [-0.25, -0.2) is 0 Å². The third-order valence-corrected chi connectivity index (χ3v) is 2.44. The second kappa shape index (κ2) is 5.36. The zero-order valence-corrected chi connectivity index (χ0v) is 8.91. The van der Waals surface area contributed by atoms with Crippen LogP contribution in [0, 0.1) is 0 Å². The van der Waals surface area contributed by atoms with Gasteiger partial charge in [0.15, 0.2) is 0 Å². The molecule has 0 unspecified atom stereocenters. The average molecular weight is 229 g/mol. The molecule has 66 valence electrons. The van der Waals surface area contributed by atoms with Crippen LogP contribution in [0.15, 0.2) is 24.3 Å². The summed E-state index contributed by atoms with van der Waals surface area (Å²) in [5, 5.41) is 8.59. The first kappa shape index (κ1) is 9.78. The molecular formula is C10H14OSe. The Labute approximate surface area is 81.6 Å². The normalized spacial score (nSPS) is 10.2. The molecule has 1 aromatic carbocycles. The van der Waals surface area contributed by atoms with Gasteiger partial charge in [0.05, 0.1) is 0 Å². The van der Waals surface area contributed by atoms with Gasteiger partial charge in [-0.05, 0) is 0 Å². The molecular weight excluding hydrogens is 215 g/mol. The van der Waals surface area contributed by atoms with E-state index in [0.717, 1.165) is 19.3 Å². The van der Waals surface area contributed by atoms with Crippen LogP contribution in [0.4, 0.5) is 0 Å². The molecule has 1 aromatic rings. The van der Waals surface area contributed by atoms with Crippen molar-refractivity contribution in [1.82, 2.24) is 0 Å². The summed E-state index contributed by atoms with van der Waals surface area (Å²) in [6, 6.07) is 8.50. The second-order valence-corrected chi connectivity index (χ2v) is 3.93. The van der Waals surface area contributed by atoms with Gasteiger partial charge in [0.2, 0.25) is 0 Å². The van der Waals surface area contributed by atoms with Crippen LogP contribution in [-0.2, 0) is 6.42 Å². The molecule has 0 aliphatic rings. The third kappa shape index (κ3) is 3.40. The molecule has 0 saturated carbocycles. The van der Waals surface area contributed by atoms with Crippen LogP contribution in [0.25, 0.3) is 0 Å². The van der Waals surface area contributed by atoms with Crippen LogP contribution >= 0.6 is 0 Å². The maximum atomic E-state index is 8.59. The first-order chi connectivity index (χ1) is 5.83. The van der Waals surface area contributed by atoms with Crippen molar-refractivity contribution < 1.29 is 5.11 Å². The SMILES string of the molecule is OCCCCc1ccc([SeH])cc1. The molecule has 0 saturated heterocycles. The summed E-state index contributed by atoms with van der Waals surface area (Å²) >= 11 is 2.53. The van der Waals surface area contributed by atoms with Crippen molar-refractivity contribution in [3.05, 3.63) is 29.8 Å². The molecule has 0 aromatic heterocycles. The van der Waals surface area contributed by atoms with Crippen LogP contribution in [-0.4, -0.2) is 27.7 Å². The van der Waals surface area contributed by atoms with Crippen LogP contribution < -0.4 is 4.46 Å². The quantitative estimate of drug-likeness (QED) is 0.589. The van der Waals surface area contributed by atoms with E-state index in [9.17, 15) is 0 Å². The Kier molecular flexibility index (Phi) is 4.37. The van der Waals surface area contributed by atoms with Gasteiger partial charge in [-0.15, -0.1) is 0 Å². The number of benzene rings is 1. The van der Waals surface area contributed by atoms with E-state index in [2.05, 4.69) is 40.3 Å². The summed E-state index contributed by atoms with van der Waals surface area (Å²) in [6.07, 6.45) is 3.06. The number of unbranched alkanes of at least 4 members (excludes halogenated alkanes) is 1. The predicted octanol–water partition coefficient (Wildman–Crippen LogP) is 0.528. The van der Waals surface area contributed by atoms with E-state index >= 15 is 0 Å². The van der Waals surface area contributed by atoms with Gasteiger partial charge in [-0.2, -0.15) is 0 Å². The van der Waals surface area contributed by atoms with E-state index in [4.69, 9.17) is 5.11 Å². The zero-order chi connectivity index (χ0) is 8.81. The summed E-state index contributed by atoms with van der Waals surface area (Å²) in [5.74, 6) is 0. The summed E-state index contributed by atoms with van der Waals surface area (Å²) in [7, 11) is 0. The molecule has 1 nitrogen and oxygen atoms in total. The number of aryl methyl sites for hydroxylation is 1. The fourth-order valence-corrected chi connectivity index (χ4v) is 1.42. The Morgan fingerprint density at radius 1 is 1.08 bits per heavy atom. The van der Waals surface area contributed by atoms with Crippen molar-refractivity contribution in [2.24, 2.45) is 0 Å². The molecule has 0 aliphatic carbocycles. The van der Waals surface area contributed by atoms with E-state index in [1.807, 2.05) is 0 Å². The van der Waals surface area contributed by atoms with Gasteiger partial charge in [-0.3, -0.25) is 0 Å². The molecule has 0 amide bonds. The molecule has 1 N–H and O–H groups in total. The molecule has 0 radical (unpaired) electrons. The van der Waals surface area contributed by atoms with Crippen LogP contribution in [0.3, 0.4) is 0 Å². The standard InChI is InChI=1S/C10H14OSe/c11-8-2-1-3-9-4-6-10(12)7-5-9/h4-7,11-12H,1-3,8H2. The second-order valence-electron chi connectivity index (χ2n) is 2.85. The van der Waals surface area contributed by atoms with Crippen molar-refractivity contribution in [2.45, 2.75) is 19.3 Å². The van der Waals surface area contributed by atoms with Gasteiger partial charge in [-0.1, -0.05) is 0 Å². The number of hydrogen-bond donors (Lipinski definition) is 1. The van der Waals surface area contributed by atoms with Gasteiger partial charge >= 0.3 is 81.3 Å². The van der Waals surface area contributed by atoms with Gasteiger partial charge < -0.3 is 0 Å².